The van der Waals surface area contributed by atoms with Crippen LogP contribution in [-0.4, -0.2) is 22.3 Å². The fourth-order valence-electron chi connectivity index (χ4n) is 5.05. The van der Waals surface area contributed by atoms with Crippen molar-refractivity contribution < 1.29 is 19.5 Å². The van der Waals surface area contributed by atoms with Crippen molar-refractivity contribution in [2.75, 3.05) is 0 Å². The summed E-state index contributed by atoms with van der Waals surface area (Å²) in [4.78, 5) is 19.5. The second kappa shape index (κ2) is 8.05. The van der Waals surface area contributed by atoms with Gasteiger partial charge in [-0.25, -0.2) is 0 Å². The Morgan fingerprint density at radius 2 is 1.83 bits per heavy atom. The summed E-state index contributed by atoms with van der Waals surface area (Å²) in [5, 5.41) is 10.3. The van der Waals surface area contributed by atoms with E-state index < -0.39 is 11.2 Å². The van der Waals surface area contributed by atoms with Crippen molar-refractivity contribution in [1.29, 1.82) is 0 Å². The quantitative estimate of drug-likeness (QED) is 0.697. The summed E-state index contributed by atoms with van der Waals surface area (Å²) in [7, 11) is 0. The zero-order valence-corrected chi connectivity index (χ0v) is 17.9. The van der Waals surface area contributed by atoms with Crippen LogP contribution in [0.4, 0.5) is 0 Å². The van der Waals surface area contributed by atoms with Crippen LogP contribution in [0.5, 0.6) is 5.75 Å². The molecular weight excluding hydrogens is 378 g/mol. The fourth-order valence-corrected chi connectivity index (χ4v) is 5.05. The van der Waals surface area contributed by atoms with Gasteiger partial charge in [-0.2, -0.15) is 5.48 Å². The van der Waals surface area contributed by atoms with Gasteiger partial charge in [-0.05, 0) is 51.7 Å². The fraction of sp³-hybridized carbons (Fsp3) is 0.480. The second-order valence-electron chi connectivity index (χ2n) is 9.52. The Bertz CT molecular complexity index is 892. The maximum Gasteiger partial charge on any atom is 0.310 e. The molecule has 2 aromatic rings. The van der Waals surface area contributed by atoms with Crippen LogP contribution in [0.2, 0.25) is 0 Å². The molecule has 1 aliphatic carbocycles. The first-order valence-electron chi connectivity index (χ1n) is 10.8. The average molecular weight is 410 g/mol. The van der Waals surface area contributed by atoms with Gasteiger partial charge in [0.1, 0.15) is 11.4 Å². The molecule has 0 radical (unpaired) electrons. The van der Waals surface area contributed by atoms with E-state index in [4.69, 9.17) is 9.57 Å². The number of ether oxygens (including phenoxy) is 1. The Balaban J connectivity index is 1.69. The molecule has 30 heavy (non-hydrogen) atoms. The van der Waals surface area contributed by atoms with E-state index in [0.717, 1.165) is 30.4 Å². The Morgan fingerprint density at radius 3 is 2.53 bits per heavy atom. The van der Waals surface area contributed by atoms with E-state index in [1.807, 2.05) is 57.2 Å². The number of para-hydroxylation sites is 1. The zero-order valence-electron chi connectivity index (χ0n) is 17.9. The van der Waals surface area contributed by atoms with Crippen molar-refractivity contribution in [2.45, 2.75) is 69.6 Å². The number of phenolic OH excluding ortho intramolecular Hbond substituents is 1. The summed E-state index contributed by atoms with van der Waals surface area (Å²) in [5.74, 6) is -0.299. The molecule has 1 saturated carbocycles. The van der Waals surface area contributed by atoms with E-state index in [-0.39, 0.29) is 29.6 Å². The number of hydroxylamine groups is 1. The molecule has 4 rings (SSSR count). The van der Waals surface area contributed by atoms with Crippen LogP contribution in [0, 0.1) is 5.92 Å². The number of carbonyl (C=O) groups excluding carboxylic acids is 1. The molecule has 2 fully saturated rings. The Morgan fingerprint density at radius 1 is 1.13 bits per heavy atom. The Hall–Kier alpha value is -2.37. The van der Waals surface area contributed by atoms with Gasteiger partial charge in [0.25, 0.3) is 0 Å². The highest BCUT2D eigenvalue weighted by atomic mass is 16.7. The van der Waals surface area contributed by atoms with Crippen LogP contribution in [0.3, 0.4) is 0 Å². The molecule has 1 aliphatic heterocycles. The number of rotatable bonds is 3. The van der Waals surface area contributed by atoms with Gasteiger partial charge in [-0.3, -0.25) is 9.63 Å². The molecule has 2 unspecified atom stereocenters. The van der Waals surface area contributed by atoms with Gasteiger partial charge < -0.3 is 9.84 Å². The Kier molecular flexibility index (Phi) is 5.60. The first-order chi connectivity index (χ1) is 14.3. The summed E-state index contributed by atoms with van der Waals surface area (Å²) in [6, 6.07) is 17.4. The number of hydrogen-bond donors (Lipinski definition) is 2. The monoisotopic (exact) mass is 409 g/mol. The van der Waals surface area contributed by atoms with E-state index >= 15 is 0 Å². The van der Waals surface area contributed by atoms with E-state index in [9.17, 15) is 9.90 Å². The van der Waals surface area contributed by atoms with Crippen LogP contribution in [0.1, 0.15) is 69.5 Å². The standard InChI is InChI=1S/C25H31NO4/c1-24(2,3)29-23(28)19-13-9-15-25(22(19)17-10-5-4-6-11-17)16-20(26-30-25)18-12-7-8-14-21(18)27/h4-8,10-12,14,19-20,22,26-27H,9,13,15-16H2,1-3H3/t19?,20?,22-,25-/m1/s1. The minimum absolute atomic E-state index is 0.120. The molecule has 1 spiro atoms. The van der Waals surface area contributed by atoms with Crippen LogP contribution >= 0.6 is 0 Å². The van der Waals surface area contributed by atoms with Gasteiger partial charge in [0.05, 0.1) is 17.6 Å². The number of phenols is 1. The molecule has 0 amide bonds. The molecule has 0 aromatic heterocycles. The lowest BCUT2D eigenvalue weighted by Gasteiger charge is -2.44. The van der Waals surface area contributed by atoms with Crippen molar-refractivity contribution >= 4 is 5.97 Å². The highest BCUT2D eigenvalue weighted by Crippen LogP contribution is 2.54. The lowest BCUT2D eigenvalue weighted by atomic mass is 9.64. The van der Waals surface area contributed by atoms with Crippen LogP contribution < -0.4 is 5.48 Å². The molecule has 4 atom stereocenters. The topological polar surface area (TPSA) is 67.8 Å². The molecule has 0 bridgehead atoms. The molecule has 2 aliphatic rings. The maximum atomic E-state index is 13.2. The number of carbonyl (C=O) groups is 1. The van der Waals surface area contributed by atoms with Crippen LogP contribution in [-0.2, 0) is 14.4 Å². The molecule has 5 nitrogen and oxygen atoms in total. The zero-order chi connectivity index (χ0) is 21.4. The molecule has 160 valence electrons. The summed E-state index contributed by atoms with van der Waals surface area (Å²) in [6.45, 7) is 5.72. The van der Waals surface area contributed by atoms with E-state index in [1.165, 1.54) is 0 Å². The largest absolute Gasteiger partial charge is 0.508 e. The van der Waals surface area contributed by atoms with Crippen molar-refractivity contribution in [2.24, 2.45) is 5.92 Å². The van der Waals surface area contributed by atoms with Crippen molar-refractivity contribution in [3.63, 3.8) is 0 Å². The molecular formula is C25H31NO4. The number of hydrogen-bond acceptors (Lipinski definition) is 5. The van der Waals surface area contributed by atoms with Gasteiger partial charge in [0, 0.05) is 17.9 Å². The average Bonchev–Trinajstić information content (AvgIpc) is 3.11. The SMILES string of the molecule is CC(C)(C)OC(=O)C1CCC[C@@]2(CC(c3ccccc3O)NO2)[C@@H]1c1ccccc1. The minimum Gasteiger partial charge on any atom is -0.508 e. The molecule has 1 saturated heterocycles. The number of esters is 1. The Labute approximate surface area is 178 Å². The molecule has 1 heterocycles. The number of aromatic hydroxyl groups is 1. The molecule has 5 heteroatoms. The summed E-state index contributed by atoms with van der Waals surface area (Å²) in [6.07, 6.45) is 3.20. The summed E-state index contributed by atoms with van der Waals surface area (Å²) >= 11 is 0. The van der Waals surface area contributed by atoms with Crippen LogP contribution in [0.15, 0.2) is 54.6 Å². The lowest BCUT2D eigenvalue weighted by Crippen LogP contribution is -2.47. The van der Waals surface area contributed by atoms with Crippen molar-refractivity contribution in [1.82, 2.24) is 5.48 Å². The van der Waals surface area contributed by atoms with Crippen molar-refractivity contribution in [3.8, 4) is 5.75 Å². The molecule has 2 aromatic carbocycles. The smallest absolute Gasteiger partial charge is 0.310 e. The van der Waals surface area contributed by atoms with Crippen LogP contribution in [0.25, 0.3) is 0 Å². The van der Waals surface area contributed by atoms with Gasteiger partial charge in [0.2, 0.25) is 0 Å². The van der Waals surface area contributed by atoms with E-state index in [0.29, 0.717) is 6.42 Å². The normalized spacial score (nSPS) is 29.1. The predicted octanol–water partition coefficient (Wildman–Crippen LogP) is 5.02. The summed E-state index contributed by atoms with van der Waals surface area (Å²) in [5.41, 5.74) is 4.01. The molecule has 2 N–H and O–H groups in total. The van der Waals surface area contributed by atoms with E-state index in [2.05, 4.69) is 17.6 Å². The third kappa shape index (κ3) is 4.09. The van der Waals surface area contributed by atoms with Gasteiger partial charge in [-0.1, -0.05) is 48.5 Å². The third-order valence-corrected chi connectivity index (χ3v) is 6.22. The highest BCUT2D eigenvalue weighted by Gasteiger charge is 2.55. The van der Waals surface area contributed by atoms with Gasteiger partial charge in [-0.15, -0.1) is 0 Å². The highest BCUT2D eigenvalue weighted by molar-refractivity contribution is 5.75. The predicted molar refractivity (Wildman–Crippen MR) is 115 cm³/mol. The minimum atomic E-state index is -0.534. The van der Waals surface area contributed by atoms with Crippen molar-refractivity contribution in [3.05, 3.63) is 65.7 Å². The third-order valence-electron chi connectivity index (χ3n) is 6.22. The number of nitrogens with one attached hydrogen (secondary N) is 1. The second-order valence-corrected chi connectivity index (χ2v) is 9.52. The lowest BCUT2D eigenvalue weighted by molar-refractivity contribution is -0.170. The first kappa shape index (κ1) is 20.9. The summed E-state index contributed by atoms with van der Waals surface area (Å²) < 4.78 is 5.81. The number of benzene rings is 2. The maximum absolute atomic E-state index is 13.2. The first-order valence-corrected chi connectivity index (χ1v) is 10.8. The van der Waals surface area contributed by atoms with Gasteiger partial charge >= 0.3 is 5.97 Å². The van der Waals surface area contributed by atoms with Gasteiger partial charge in [0.15, 0.2) is 0 Å². The van der Waals surface area contributed by atoms with E-state index in [1.54, 1.807) is 6.07 Å².